The minimum absolute atomic E-state index is 0.0400. The number of methoxy groups -OCH3 is 1. The highest BCUT2D eigenvalue weighted by atomic mass is 35.5. The summed E-state index contributed by atoms with van der Waals surface area (Å²) >= 11 is 5.80. The van der Waals surface area contributed by atoms with Gasteiger partial charge in [-0.2, -0.15) is 0 Å². The smallest absolute Gasteiger partial charge is 0.336 e. The van der Waals surface area contributed by atoms with E-state index in [-0.39, 0.29) is 11.8 Å². The van der Waals surface area contributed by atoms with Gasteiger partial charge in [-0.05, 0) is 31.2 Å². The van der Waals surface area contributed by atoms with Crippen molar-refractivity contribution in [1.82, 2.24) is 5.32 Å². The third kappa shape index (κ3) is 1.53. The lowest BCUT2D eigenvalue weighted by atomic mass is 9.81. The van der Waals surface area contributed by atoms with Crippen LogP contribution in [0.1, 0.15) is 17.3 Å². The molecular weight excluding hydrogens is 266 g/mol. The summed E-state index contributed by atoms with van der Waals surface area (Å²) in [7, 11) is 1.34. The lowest BCUT2D eigenvalue weighted by Crippen LogP contribution is -2.53. The van der Waals surface area contributed by atoms with Crippen molar-refractivity contribution in [3.05, 3.63) is 46.1 Å². The summed E-state index contributed by atoms with van der Waals surface area (Å²) in [5, 5.41) is 3.62. The van der Waals surface area contributed by atoms with Gasteiger partial charge in [-0.1, -0.05) is 11.6 Å². The molecule has 1 aliphatic carbocycles. The van der Waals surface area contributed by atoms with E-state index in [9.17, 15) is 9.59 Å². The number of Topliss-reactive ketones (excluding diaryl/α,β-unsaturated/α-hetero) is 1. The Morgan fingerprint density at radius 2 is 1.95 bits per heavy atom. The van der Waals surface area contributed by atoms with Crippen LogP contribution in [0.5, 0.6) is 0 Å². The van der Waals surface area contributed by atoms with Crippen LogP contribution >= 0.6 is 11.6 Å². The van der Waals surface area contributed by atoms with E-state index < -0.39 is 11.5 Å². The molecule has 1 fully saturated rings. The lowest BCUT2D eigenvalue weighted by molar-refractivity contribution is -0.136. The molecule has 0 bridgehead atoms. The first-order valence-electron chi connectivity index (χ1n) is 5.90. The third-order valence-corrected chi connectivity index (χ3v) is 4.12. The molecule has 19 heavy (non-hydrogen) atoms. The van der Waals surface area contributed by atoms with Gasteiger partial charge in [0, 0.05) is 16.3 Å². The monoisotopic (exact) mass is 277 g/mol. The number of rotatable bonds is 3. The number of ether oxygens (including phenoxy) is 1. The molecule has 3 rings (SSSR count). The molecule has 2 aliphatic rings. The Morgan fingerprint density at radius 3 is 2.53 bits per heavy atom. The molecular formula is C14H12ClNO3. The van der Waals surface area contributed by atoms with E-state index >= 15 is 0 Å². The zero-order valence-corrected chi connectivity index (χ0v) is 11.2. The molecule has 2 atom stereocenters. The van der Waals surface area contributed by atoms with E-state index in [1.54, 1.807) is 24.3 Å². The number of halogens is 1. The van der Waals surface area contributed by atoms with E-state index in [4.69, 9.17) is 16.3 Å². The molecule has 0 aromatic heterocycles. The van der Waals surface area contributed by atoms with Crippen LogP contribution in [-0.2, 0) is 9.53 Å². The summed E-state index contributed by atoms with van der Waals surface area (Å²) in [5.41, 5.74) is 1.52. The largest absolute Gasteiger partial charge is 0.466 e. The van der Waals surface area contributed by atoms with Gasteiger partial charge in [0.2, 0.25) is 0 Å². The number of nitrogens with one attached hydrogen (secondary N) is 1. The molecule has 1 N–H and O–H groups in total. The first-order valence-corrected chi connectivity index (χ1v) is 6.27. The van der Waals surface area contributed by atoms with Crippen molar-refractivity contribution in [3.8, 4) is 0 Å². The average molecular weight is 278 g/mol. The van der Waals surface area contributed by atoms with Crippen molar-refractivity contribution in [3.63, 3.8) is 0 Å². The van der Waals surface area contributed by atoms with Gasteiger partial charge in [-0.25, -0.2) is 4.79 Å². The zero-order valence-electron chi connectivity index (χ0n) is 10.5. The summed E-state index contributed by atoms with van der Waals surface area (Å²) in [6, 6.07) is 6.34. The van der Waals surface area contributed by atoms with Crippen LogP contribution in [0.3, 0.4) is 0 Å². The van der Waals surface area contributed by atoms with Crippen molar-refractivity contribution in [1.29, 1.82) is 0 Å². The predicted octanol–water partition coefficient (Wildman–Crippen LogP) is 1.94. The molecule has 1 saturated heterocycles. The van der Waals surface area contributed by atoms with Crippen LogP contribution in [0.4, 0.5) is 0 Å². The molecule has 1 heterocycles. The molecule has 0 saturated carbocycles. The second-order valence-corrected chi connectivity index (χ2v) is 5.33. The summed E-state index contributed by atoms with van der Waals surface area (Å²) in [6.07, 6.45) is 0. The first kappa shape index (κ1) is 12.2. The van der Waals surface area contributed by atoms with Crippen LogP contribution < -0.4 is 5.32 Å². The molecule has 1 aromatic carbocycles. The van der Waals surface area contributed by atoms with E-state index in [2.05, 4.69) is 5.32 Å². The van der Waals surface area contributed by atoms with Crippen LogP contribution in [-0.4, -0.2) is 24.9 Å². The Morgan fingerprint density at radius 1 is 1.32 bits per heavy atom. The predicted molar refractivity (Wildman–Crippen MR) is 69.9 cm³/mol. The number of fused-ring (bicyclic) bond motifs is 1. The van der Waals surface area contributed by atoms with Crippen molar-refractivity contribution >= 4 is 23.4 Å². The quantitative estimate of drug-likeness (QED) is 0.678. The van der Waals surface area contributed by atoms with Crippen molar-refractivity contribution in [2.24, 2.45) is 5.41 Å². The molecule has 4 nitrogen and oxygen atoms in total. The van der Waals surface area contributed by atoms with Gasteiger partial charge in [0.1, 0.15) is 6.04 Å². The standard InChI is InChI=1S/C14H12ClNO3/c1-14-9(13(18)19-2)11(14)16-12(14)10(17)7-3-5-8(15)6-4-7/h3-6,12,16H,1-2H3. The molecule has 2 unspecified atom stereocenters. The molecule has 1 aromatic rings. The fourth-order valence-electron chi connectivity index (χ4n) is 2.64. The van der Waals surface area contributed by atoms with E-state index in [1.165, 1.54) is 7.11 Å². The van der Waals surface area contributed by atoms with Gasteiger partial charge in [0.25, 0.3) is 0 Å². The molecule has 98 valence electrons. The number of carbonyl (C=O) groups excluding carboxylic acids is 2. The van der Waals surface area contributed by atoms with Gasteiger partial charge in [0.05, 0.1) is 18.1 Å². The maximum atomic E-state index is 12.4. The summed E-state index contributed by atoms with van der Waals surface area (Å²) < 4.78 is 4.70. The number of hydrogen-bond acceptors (Lipinski definition) is 4. The number of ketones is 1. The maximum Gasteiger partial charge on any atom is 0.336 e. The molecule has 0 radical (unpaired) electrons. The summed E-state index contributed by atoms with van der Waals surface area (Å²) in [4.78, 5) is 23.9. The normalized spacial score (nSPS) is 27.0. The number of hydrogen-bond donors (Lipinski definition) is 1. The van der Waals surface area contributed by atoms with Crippen molar-refractivity contribution < 1.29 is 14.3 Å². The SMILES string of the molecule is COC(=O)C1=C2NC(C(=O)c3ccc(Cl)cc3)C21C. The van der Waals surface area contributed by atoms with Gasteiger partial charge in [-0.3, -0.25) is 4.79 Å². The van der Waals surface area contributed by atoms with Gasteiger partial charge in [0.15, 0.2) is 5.78 Å². The number of carbonyl (C=O) groups is 2. The summed E-state index contributed by atoms with van der Waals surface area (Å²) in [6.45, 7) is 1.88. The van der Waals surface area contributed by atoms with Crippen LogP contribution in [0.25, 0.3) is 0 Å². The number of benzene rings is 1. The zero-order chi connectivity index (χ0) is 13.8. The fraction of sp³-hybridized carbons (Fsp3) is 0.286. The average Bonchev–Trinajstić information content (AvgIpc) is 2.87. The fourth-order valence-corrected chi connectivity index (χ4v) is 2.76. The molecule has 5 heteroatoms. The highest BCUT2D eigenvalue weighted by molar-refractivity contribution is 6.30. The Kier molecular flexibility index (Phi) is 2.47. The Bertz CT molecular complexity index is 620. The van der Waals surface area contributed by atoms with Crippen molar-refractivity contribution in [2.45, 2.75) is 13.0 Å². The highest BCUT2D eigenvalue weighted by Crippen LogP contribution is 2.61. The number of esters is 1. The van der Waals surface area contributed by atoms with E-state index in [0.717, 1.165) is 5.70 Å². The van der Waals surface area contributed by atoms with Crippen LogP contribution in [0.2, 0.25) is 5.02 Å². The minimum atomic E-state index is -0.468. The summed E-state index contributed by atoms with van der Waals surface area (Å²) in [5.74, 6) is -0.404. The van der Waals surface area contributed by atoms with E-state index in [1.807, 2.05) is 6.92 Å². The first-order chi connectivity index (χ1) is 9.00. The third-order valence-electron chi connectivity index (χ3n) is 3.87. The molecule has 0 spiro atoms. The second-order valence-electron chi connectivity index (χ2n) is 4.89. The molecule has 0 amide bonds. The van der Waals surface area contributed by atoms with Gasteiger partial charge >= 0.3 is 5.97 Å². The lowest BCUT2D eigenvalue weighted by Gasteiger charge is -2.34. The van der Waals surface area contributed by atoms with Gasteiger partial charge in [-0.15, -0.1) is 0 Å². The van der Waals surface area contributed by atoms with Gasteiger partial charge < -0.3 is 10.1 Å². The van der Waals surface area contributed by atoms with Crippen LogP contribution in [0, 0.1) is 5.41 Å². The highest BCUT2D eigenvalue weighted by Gasteiger charge is 2.69. The Labute approximate surface area is 115 Å². The second kappa shape index (κ2) is 3.84. The topological polar surface area (TPSA) is 55.4 Å². The van der Waals surface area contributed by atoms with Crippen molar-refractivity contribution in [2.75, 3.05) is 7.11 Å². The minimum Gasteiger partial charge on any atom is -0.466 e. The van der Waals surface area contributed by atoms with Crippen LogP contribution in [0.15, 0.2) is 35.5 Å². The Hall–Kier alpha value is -1.81. The Balaban J connectivity index is 1.79. The van der Waals surface area contributed by atoms with E-state index in [0.29, 0.717) is 16.2 Å². The maximum absolute atomic E-state index is 12.4. The molecule has 1 aliphatic heterocycles.